The Kier molecular flexibility index (Phi) is 5.58. The molecule has 0 saturated heterocycles. The van der Waals surface area contributed by atoms with E-state index in [1.807, 2.05) is 105 Å². The molecule has 156 valence electrons. The Hall–Kier alpha value is -3.86. The van der Waals surface area contributed by atoms with Crippen LogP contribution >= 0.6 is 0 Å². The van der Waals surface area contributed by atoms with Crippen molar-refractivity contribution in [2.45, 2.75) is 13.5 Å². The van der Waals surface area contributed by atoms with E-state index in [0.717, 1.165) is 28.1 Å². The highest BCUT2D eigenvalue weighted by molar-refractivity contribution is 6.36. The first kappa shape index (κ1) is 20.4. The quantitative estimate of drug-likeness (QED) is 0.609. The highest BCUT2D eigenvalue weighted by Gasteiger charge is 2.39. The lowest BCUT2D eigenvalue weighted by atomic mass is 10.0. The van der Waals surface area contributed by atoms with Crippen molar-refractivity contribution in [3.63, 3.8) is 0 Å². The van der Waals surface area contributed by atoms with E-state index in [1.54, 1.807) is 0 Å². The zero-order valence-corrected chi connectivity index (χ0v) is 17.9. The van der Waals surface area contributed by atoms with Crippen LogP contribution in [0.15, 0.2) is 84.6 Å². The molecule has 5 heteroatoms. The molecule has 31 heavy (non-hydrogen) atoms. The van der Waals surface area contributed by atoms with Gasteiger partial charge >= 0.3 is 0 Å². The number of carbonyl (C=O) groups is 2. The fraction of sp³-hybridized carbons (Fsp3) is 0.154. The Morgan fingerprint density at radius 2 is 1.45 bits per heavy atom. The summed E-state index contributed by atoms with van der Waals surface area (Å²) in [4.78, 5) is 30.0. The maximum atomic E-state index is 13.4. The van der Waals surface area contributed by atoms with Gasteiger partial charge in [-0.25, -0.2) is 0 Å². The first-order valence-corrected chi connectivity index (χ1v) is 10.2. The summed E-state index contributed by atoms with van der Waals surface area (Å²) < 4.78 is 0. The van der Waals surface area contributed by atoms with Gasteiger partial charge in [-0.15, -0.1) is 0 Å². The Morgan fingerprint density at radius 1 is 0.806 bits per heavy atom. The lowest BCUT2D eigenvalue weighted by Crippen LogP contribution is -2.31. The van der Waals surface area contributed by atoms with E-state index >= 15 is 0 Å². The predicted molar refractivity (Wildman–Crippen MR) is 124 cm³/mol. The predicted octanol–water partition coefficient (Wildman–Crippen LogP) is 4.45. The molecule has 0 bridgehead atoms. The number of rotatable bonds is 6. The summed E-state index contributed by atoms with van der Waals surface area (Å²) in [5.74, 6) is -0.605. The van der Waals surface area contributed by atoms with E-state index < -0.39 is 0 Å². The number of hydrogen-bond acceptors (Lipinski definition) is 4. The molecule has 1 aliphatic rings. The van der Waals surface area contributed by atoms with E-state index in [1.165, 1.54) is 4.90 Å². The van der Waals surface area contributed by atoms with Crippen molar-refractivity contribution in [3.05, 3.63) is 101 Å². The van der Waals surface area contributed by atoms with E-state index in [0.29, 0.717) is 11.3 Å². The maximum Gasteiger partial charge on any atom is 0.278 e. The van der Waals surface area contributed by atoms with Gasteiger partial charge in [-0.2, -0.15) is 0 Å². The van der Waals surface area contributed by atoms with Crippen molar-refractivity contribution in [3.8, 4) is 0 Å². The normalized spacial score (nSPS) is 13.7. The molecule has 1 aliphatic heterocycles. The molecule has 2 amide bonds. The zero-order chi connectivity index (χ0) is 22.0. The minimum absolute atomic E-state index is 0.235. The fourth-order valence-corrected chi connectivity index (χ4v) is 3.58. The molecule has 0 unspecified atom stereocenters. The second-order valence-corrected chi connectivity index (χ2v) is 7.86. The van der Waals surface area contributed by atoms with Gasteiger partial charge in [0.2, 0.25) is 0 Å². The van der Waals surface area contributed by atoms with Gasteiger partial charge < -0.3 is 10.2 Å². The van der Waals surface area contributed by atoms with Gasteiger partial charge in [0.1, 0.15) is 5.70 Å². The van der Waals surface area contributed by atoms with Crippen LogP contribution in [0.1, 0.15) is 16.7 Å². The molecule has 0 atom stereocenters. The first-order chi connectivity index (χ1) is 14.9. The molecular formula is C26H25N3O2. The molecule has 0 fully saturated rings. The summed E-state index contributed by atoms with van der Waals surface area (Å²) in [5, 5.41) is 3.22. The van der Waals surface area contributed by atoms with E-state index in [4.69, 9.17) is 0 Å². The van der Waals surface area contributed by atoms with E-state index in [9.17, 15) is 9.59 Å². The van der Waals surface area contributed by atoms with Crippen molar-refractivity contribution in [1.29, 1.82) is 0 Å². The Balaban J connectivity index is 1.71. The molecular weight excluding hydrogens is 386 g/mol. The summed E-state index contributed by atoms with van der Waals surface area (Å²) in [7, 11) is 3.95. The smallest absolute Gasteiger partial charge is 0.278 e. The number of hydrogen-bond donors (Lipinski definition) is 1. The van der Waals surface area contributed by atoms with Crippen molar-refractivity contribution < 1.29 is 9.59 Å². The molecule has 0 aliphatic carbocycles. The third-order valence-electron chi connectivity index (χ3n) is 5.34. The Morgan fingerprint density at radius 3 is 2.06 bits per heavy atom. The van der Waals surface area contributed by atoms with Crippen molar-refractivity contribution in [2.24, 2.45) is 0 Å². The van der Waals surface area contributed by atoms with Crippen LogP contribution in [-0.2, 0) is 16.1 Å². The van der Waals surface area contributed by atoms with Gasteiger partial charge in [-0.05, 0) is 42.3 Å². The van der Waals surface area contributed by atoms with Crippen molar-refractivity contribution in [1.82, 2.24) is 4.90 Å². The number of nitrogens with zero attached hydrogens (tertiary/aromatic N) is 2. The molecule has 5 nitrogen and oxygen atoms in total. The Labute approximate surface area is 182 Å². The Bertz CT molecular complexity index is 1130. The SMILES string of the molecule is Cc1ccc(C2=C(Nc3ccc(N(C)C)cc3)C(=O)N(Cc3ccccc3)C2=O)cc1. The molecule has 0 aromatic heterocycles. The van der Waals surface area contributed by atoms with E-state index in [-0.39, 0.29) is 18.4 Å². The van der Waals surface area contributed by atoms with Crippen LogP contribution in [0.25, 0.3) is 5.57 Å². The summed E-state index contributed by atoms with van der Waals surface area (Å²) in [6.07, 6.45) is 0. The van der Waals surface area contributed by atoms with Gasteiger partial charge in [0.25, 0.3) is 11.8 Å². The first-order valence-electron chi connectivity index (χ1n) is 10.2. The van der Waals surface area contributed by atoms with E-state index in [2.05, 4.69) is 5.32 Å². The molecule has 0 spiro atoms. The van der Waals surface area contributed by atoms with Crippen LogP contribution in [0.3, 0.4) is 0 Å². The summed E-state index contributed by atoms with van der Waals surface area (Å²) >= 11 is 0. The number of carbonyl (C=O) groups excluding carboxylic acids is 2. The second kappa shape index (κ2) is 8.48. The number of anilines is 2. The molecule has 3 aromatic carbocycles. The van der Waals surface area contributed by atoms with Gasteiger partial charge in [-0.3, -0.25) is 14.5 Å². The van der Waals surface area contributed by atoms with Gasteiger partial charge in [0.15, 0.2) is 0 Å². The third kappa shape index (κ3) is 4.21. The fourth-order valence-electron chi connectivity index (χ4n) is 3.58. The van der Waals surface area contributed by atoms with Gasteiger partial charge in [-0.1, -0.05) is 60.2 Å². The highest BCUT2D eigenvalue weighted by atomic mass is 16.2. The van der Waals surface area contributed by atoms with Crippen LogP contribution < -0.4 is 10.2 Å². The average Bonchev–Trinajstić information content (AvgIpc) is 3.00. The monoisotopic (exact) mass is 411 g/mol. The number of nitrogens with one attached hydrogen (secondary N) is 1. The number of benzene rings is 3. The molecule has 1 N–H and O–H groups in total. The molecule has 3 aromatic rings. The summed E-state index contributed by atoms with van der Waals surface area (Å²) in [6.45, 7) is 2.23. The minimum atomic E-state index is -0.318. The van der Waals surface area contributed by atoms with Crippen LogP contribution in [-0.4, -0.2) is 30.8 Å². The maximum absolute atomic E-state index is 13.4. The topological polar surface area (TPSA) is 52.7 Å². The van der Waals surface area contributed by atoms with Crippen LogP contribution in [0.2, 0.25) is 0 Å². The number of imide groups is 1. The average molecular weight is 412 g/mol. The summed E-state index contributed by atoms with van der Waals surface area (Å²) in [5.41, 5.74) is 5.25. The molecule has 1 heterocycles. The van der Waals surface area contributed by atoms with Crippen LogP contribution in [0.4, 0.5) is 11.4 Å². The van der Waals surface area contributed by atoms with Crippen molar-refractivity contribution in [2.75, 3.05) is 24.3 Å². The highest BCUT2D eigenvalue weighted by Crippen LogP contribution is 2.32. The number of aryl methyl sites for hydroxylation is 1. The lowest BCUT2D eigenvalue weighted by molar-refractivity contribution is -0.137. The summed E-state index contributed by atoms with van der Waals surface area (Å²) in [6, 6.07) is 25.0. The van der Waals surface area contributed by atoms with Crippen molar-refractivity contribution >= 4 is 28.8 Å². The van der Waals surface area contributed by atoms with Crippen LogP contribution in [0, 0.1) is 6.92 Å². The molecule has 4 rings (SSSR count). The minimum Gasteiger partial charge on any atom is -0.378 e. The lowest BCUT2D eigenvalue weighted by Gasteiger charge is -2.16. The largest absolute Gasteiger partial charge is 0.378 e. The van der Waals surface area contributed by atoms with Crippen LogP contribution in [0.5, 0.6) is 0 Å². The second-order valence-electron chi connectivity index (χ2n) is 7.86. The third-order valence-corrected chi connectivity index (χ3v) is 5.34. The van der Waals surface area contributed by atoms with Gasteiger partial charge in [0, 0.05) is 25.5 Å². The zero-order valence-electron chi connectivity index (χ0n) is 17.9. The molecule has 0 saturated carbocycles. The molecule has 0 radical (unpaired) electrons. The standard InChI is InChI=1S/C26H25N3O2/c1-18-9-11-20(12-10-18)23-24(27-21-13-15-22(16-14-21)28(2)3)26(31)29(25(23)30)17-19-7-5-4-6-8-19/h4-16,27H,17H2,1-3H3. The number of amides is 2. The van der Waals surface area contributed by atoms with Gasteiger partial charge in [0.05, 0.1) is 12.1 Å².